The minimum absolute atomic E-state index is 0.231. The van der Waals surface area contributed by atoms with Crippen molar-refractivity contribution >= 4 is 35.2 Å². The van der Waals surface area contributed by atoms with Crippen LogP contribution in [-0.4, -0.2) is 57.1 Å². The van der Waals surface area contributed by atoms with Crippen LogP contribution in [-0.2, 0) is 9.53 Å². The van der Waals surface area contributed by atoms with Crippen molar-refractivity contribution < 1.29 is 14.6 Å². The van der Waals surface area contributed by atoms with Crippen molar-refractivity contribution in [3.8, 4) is 0 Å². The van der Waals surface area contributed by atoms with Gasteiger partial charge in [-0.2, -0.15) is 19.6 Å². The molecule has 4 rings (SSSR count). The maximum Gasteiger partial charge on any atom is 0.249 e. The fourth-order valence-electron chi connectivity index (χ4n) is 2.98. The number of hydrogen-bond acceptors (Lipinski definition) is 8. The smallest absolute Gasteiger partial charge is 0.249 e. The molecule has 150 valence electrons. The summed E-state index contributed by atoms with van der Waals surface area (Å²) < 4.78 is 6.64. The largest absolute Gasteiger partial charge is 0.383 e. The third-order valence-corrected chi connectivity index (χ3v) is 4.35. The Balaban J connectivity index is 1.74. The molecule has 4 N–H and O–H groups in total. The van der Waals surface area contributed by atoms with Crippen molar-refractivity contribution in [2.45, 2.75) is 12.6 Å². The summed E-state index contributed by atoms with van der Waals surface area (Å²) in [5, 5.41) is 22.8. The summed E-state index contributed by atoms with van der Waals surface area (Å²) >= 11 is 0. The van der Waals surface area contributed by atoms with Gasteiger partial charge in [-0.05, 0) is 18.2 Å². The number of aliphatic hydroxyl groups excluding tert-OH is 1. The van der Waals surface area contributed by atoms with E-state index in [1.807, 2.05) is 30.3 Å². The molecule has 1 unspecified atom stereocenters. The molecule has 1 saturated heterocycles. The van der Waals surface area contributed by atoms with Gasteiger partial charge in [-0.15, -0.1) is 0 Å². The van der Waals surface area contributed by atoms with Gasteiger partial charge >= 0.3 is 0 Å². The molecule has 10 heteroatoms. The third-order valence-electron chi connectivity index (χ3n) is 4.35. The molecule has 29 heavy (non-hydrogen) atoms. The first-order valence-corrected chi connectivity index (χ1v) is 9.14. The van der Waals surface area contributed by atoms with Gasteiger partial charge in [0.25, 0.3) is 0 Å². The van der Waals surface area contributed by atoms with E-state index in [1.54, 1.807) is 23.9 Å². The van der Waals surface area contributed by atoms with Gasteiger partial charge in [0, 0.05) is 36.9 Å². The summed E-state index contributed by atoms with van der Waals surface area (Å²) in [6.45, 7) is 1.04. The Morgan fingerprint density at radius 3 is 2.90 bits per heavy atom. The van der Waals surface area contributed by atoms with E-state index in [2.05, 4.69) is 31.0 Å². The second-order valence-corrected chi connectivity index (χ2v) is 6.48. The highest BCUT2D eigenvalue weighted by atomic mass is 16.5. The highest BCUT2D eigenvalue weighted by molar-refractivity contribution is 6.00. The van der Waals surface area contributed by atoms with Gasteiger partial charge in [0.05, 0.1) is 12.8 Å². The minimum Gasteiger partial charge on any atom is -0.383 e. The van der Waals surface area contributed by atoms with E-state index in [9.17, 15) is 9.90 Å². The number of carbonyl (C=O) groups is 1. The van der Waals surface area contributed by atoms with Crippen LogP contribution in [0.15, 0.2) is 42.1 Å². The maximum absolute atomic E-state index is 12.0. The van der Waals surface area contributed by atoms with Crippen LogP contribution >= 0.6 is 0 Å². The fourth-order valence-corrected chi connectivity index (χ4v) is 2.98. The molecule has 1 aliphatic heterocycles. The number of aromatic nitrogens is 4. The number of aliphatic hydroxyl groups is 1. The van der Waals surface area contributed by atoms with Crippen LogP contribution in [0.5, 0.6) is 0 Å². The highest BCUT2D eigenvalue weighted by Gasteiger charge is 2.25. The van der Waals surface area contributed by atoms with Gasteiger partial charge in [-0.3, -0.25) is 4.79 Å². The van der Waals surface area contributed by atoms with Gasteiger partial charge < -0.3 is 25.8 Å². The maximum atomic E-state index is 12.0. The zero-order valence-corrected chi connectivity index (χ0v) is 15.8. The third kappa shape index (κ3) is 4.18. The van der Waals surface area contributed by atoms with Crippen LogP contribution < -0.4 is 16.0 Å². The molecule has 3 aromatic rings. The van der Waals surface area contributed by atoms with E-state index < -0.39 is 6.23 Å². The Labute approximate surface area is 166 Å². The number of para-hydroxylation sites is 1. The molecule has 2 aromatic heterocycles. The Kier molecular flexibility index (Phi) is 5.36. The molecule has 1 amide bonds. The summed E-state index contributed by atoms with van der Waals surface area (Å²) in [5.41, 5.74) is 2.50. The molecule has 0 aliphatic carbocycles. The van der Waals surface area contributed by atoms with Crippen LogP contribution in [0.4, 0.5) is 17.6 Å². The number of benzene rings is 1. The molecule has 1 atom stereocenters. The molecule has 1 aromatic carbocycles. The monoisotopic (exact) mass is 395 g/mol. The average Bonchev–Trinajstić information content (AvgIpc) is 3.26. The highest BCUT2D eigenvalue weighted by Crippen LogP contribution is 2.23. The first-order valence-electron chi connectivity index (χ1n) is 9.14. The standard InChI is InChI=1S/C19H21N7O3/c1-29-8-7-20-18-24-16-13(9-12-10-15(27)23-17(12)28)11-21-26(16)19(25-18)22-14-5-3-2-4-6-14/h2-6,9,11,15,27H,7-8,10H2,1H3,(H,23,28)(H2,20,22,24,25)/b12-9+. The Morgan fingerprint density at radius 2 is 2.17 bits per heavy atom. The van der Waals surface area contributed by atoms with Crippen LogP contribution in [0.3, 0.4) is 0 Å². The lowest BCUT2D eigenvalue weighted by Gasteiger charge is -2.10. The number of hydrogen-bond donors (Lipinski definition) is 4. The Bertz CT molecular complexity index is 1050. The van der Waals surface area contributed by atoms with Crippen molar-refractivity contribution in [3.63, 3.8) is 0 Å². The number of fused-ring (bicyclic) bond motifs is 1. The Hall–Kier alpha value is -3.50. The van der Waals surface area contributed by atoms with Crippen LogP contribution in [0.25, 0.3) is 11.7 Å². The average molecular weight is 395 g/mol. The minimum atomic E-state index is -0.869. The molecule has 0 spiro atoms. The number of nitrogens with one attached hydrogen (secondary N) is 3. The van der Waals surface area contributed by atoms with E-state index >= 15 is 0 Å². The predicted octanol–water partition coefficient (Wildman–Crippen LogP) is 1.15. The summed E-state index contributed by atoms with van der Waals surface area (Å²) in [6, 6.07) is 9.60. The van der Waals surface area contributed by atoms with Crippen LogP contribution in [0.1, 0.15) is 12.0 Å². The van der Waals surface area contributed by atoms with Crippen molar-refractivity contribution in [1.82, 2.24) is 24.9 Å². The SMILES string of the molecule is COCCNc1nc(Nc2ccccc2)n2ncc(/C=C3\CC(O)NC3=O)c2n1. The summed E-state index contributed by atoms with van der Waals surface area (Å²) in [6.07, 6.45) is 2.66. The normalized spacial score (nSPS) is 17.7. The van der Waals surface area contributed by atoms with E-state index in [-0.39, 0.29) is 12.3 Å². The Morgan fingerprint density at radius 1 is 1.34 bits per heavy atom. The topological polar surface area (TPSA) is 126 Å². The molecule has 10 nitrogen and oxygen atoms in total. The molecular weight excluding hydrogens is 374 g/mol. The summed E-state index contributed by atoms with van der Waals surface area (Å²) in [5.74, 6) is 0.581. The molecular formula is C19H21N7O3. The lowest BCUT2D eigenvalue weighted by atomic mass is 10.1. The molecule has 1 fully saturated rings. The number of rotatable bonds is 7. The number of ether oxygens (including phenoxy) is 1. The summed E-state index contributed by atoms with van der Waals surface area (Å²) in [4.78, 5) is 21.0. The van der Waals surface area contributed by atoms with Crippen molar-refractivity contribution in [2.75, 3.05) is 30.9 Å². The van der Waals surface area contributed by atoms with Crippen molar-refractivity contribution in [3.05, 3.63) is 47.7 Å². The fraction of sp³-hybridized carbons (Fsp3) is 0.263. The number of methoxy groups -OCH3 is 1. The van der Waals surface area contributed by atoms with Gasteiger partial charge in [0.15, 0.2) is 5.65 Å². The predicted molar refractivity (Wildman–Crippen MR) is 108 cm³/mol. The van der Waals surface area contributed by atoms with Crippen molar-refractivity contribution in [1.29, 1.82) is 0 Å². The first-order chi connectivity index (χ1) is 14.1. The summed E-state index contributed by atoms with van der Waals surface area (Å²) in [7, 11) is 1.62. The van der Waals surface area contributed by atoms with Gasteiger partial charge in [0.1, 0.15) is 6.23 Å². The van der Waals surface area contributed by atoms with Gasteiger partial charge in [-0.25, -0.2) is 0 Å². The molecule has 1 aliphatic rings. The number of nitrogens with zero attached hydrogens (tertiary/aromatic N) is 4. The lowest BCUT2D eigenvalue weighted by Crippen LogP contribution is -2.24. The van der Waals surface area contributed by atoms with E-state index in [0.29, 0.717) is 41.8 Å². The van der Waals surface area contributed by atoms with Crippen LogP contribution in [0, 0.1) is 0 Å². The van der Waals surface area contributed by atoms with E-state index in [1.165, 1.54) is 0 Å². The number of anilines is 3. The molecule has 0 radical (unpaired) electrons. The van der Waals surface area contributed by atoms with Crippen molar-refractivity contribution in [2.24, 2.45) is 0 Å². The first kappa shape index (κ1) is 18.8. The zero-order valence-electron chi connectivity index (χ0n) is 15.8. The van der Waals surface area contributed by atoms with E-state index in [0.717, 1.165) is 5.69 Å². The second kappa shape index (κ2) is 8.25. The lowest BCUT2D eigenvalue weighted by molar-refractivity contribution is -0.117. The van der Waals surface area contributed by atoms with E-state index in [4.69, 9.17) is 4.74 Å². The molecule has 3 heterocycles. The second-order valence-electron chi connectivity index (χ2n) is 6.48. The molecule has 0 saturated carbocycles. The quantitative estimate of drug-likeness (QED) is 0.347. The van der Waals surface area contributed by atoms with Crippen LogP contribution in [0.2, 0.25) is 0 Å². The molecule has 0 bridgehead atoms. The zero-order chi connectivity index (χ0) is 20.2. The van der Waals surface area contributed by atoms with Gasteiger partial charge in [-0.1, -0.05) is 18.2 Å². The number of amides is 1. The van der Waals surface area contributed by atoms with Gasteiger partial charge in [0.2, 0.25) is 17.8 Å². The number of carbonyl (C=O) groups excluding carboxylic acids is 1.